The molecule has 2 rings (SSSR count). The van der Waals surface area contributed by atoms with E-state index in [-0.39, 0.29) is 0 Å². The van der Waals surface area contributed by atoms with Crippen molar-refractivity contribution in [2.75, 3.05) is 32.0 Å². The summed E-state index contributed by atoms with van der Waals surface area (Å²) in [6.45, 7) is 4.23. The second-order valence-corrected chi connectivity index (χ2v) is 7.46. The van der Waals surface area contributed by atoms with Gasteiger partial charge in [-0.05, 0) is 18.4 Å². The van der Waals surface area contributed by atoms with Gasteiger partial charge in [0, 0.05) is 30.8 Å². The molecule has 1 saturated heterocycles. The minimum Gasteiger partial charge on any atom is -0.398 e. The van der Waals surface area contributed by atoms with Crippen LogP contribution < -0.4 is 5.73 Å². The predicted molar refractivity (Wildman–Crippen MR) is 72.1 cm³/mol. The summed E-state index contributed by atoms with van der Waals surface area (Å²) in [5, 5.41) is 1.65. The first kappa shape index (κ1) is 13.8. The van der Waals surface area contributed by atoms with Crippen molar-refractivity contribution in [3.05, 3.63) is 11.4 Å². The topological polar surface area (TPSA) is 72.6 Å². The molecule has 7 heteroatoms. The molecule has 0 aromatic carbocycles. The highest BCUT2D eigenvalue weighted by Gasteiger charge is 2.28. The van der Waals surface area contributed by atoms with Crippen molar-refractivity contribution in [1.29, 1.82) is 0 Å². The van der Waals surface area contributed by atoms with Crippen molar-refractivity contribution in [3.8, 4) is 0 Å². The summed E-state index contributed by atoms with van der Waals surface area (Å²) in [7, 11) is -3.40. The quantitative estimate of drug-likeness (QED) is 0.889. The number of nitrogens with two attached hydrogens (primary N) is 1. The molecule has 1 aliphatic rings. The zero-order valence-corrected chi connectivity index (χ0v) is 12.0. The first-order valence-electron chi connectivity index (χ1n) is 5.96. The fourth-order valence-corrected chi connectivity index (χ4v) is 4.76. The minimum absolute atomic E-state index is 0.303. The molecular formula is C11H18N2O3S2. The van der Waals surface area contributed by atoms with Gasteiger partial charge in [-0.25, -0.2) is 8.42 Å². The smallest absolute Gasteiger partial charge is 0.252 e. The highest BCUT2D eigenvalue weighted by molar-refractivity contribution is 7.91. The molecule has 0 amide bonds. The van der Waals surface area contributed by atoms with E-state index in [0.29, 0.717) is 35.5 Å². The molecule has 2 N–H and O–H groups in total. The Balaban J connectivity index is 2.15. The fourth-order valence-electron chi connectivity index (χ4n) is 2.01. The maximum absolute atomic E-state index is 12.4. The molecule has 1 aromatic rings. The van der Waals surface area contributed by atoms with E-state index in [4.69, 9.17) is 10.5 Å². The summed E-state index contributed by atoms with van der Waals surface area (Å²) in [5.41, 5.74) is 6.09. The largest absolute Gasteiger partial charge is 0.398 e. The SMILES string of the molecule is CCN(CC1CCOC1)S(=O)(=O)c1cc(N)cs1. The number of ether oxygens (including phenoxy) is 1. The molecule has 0 aliphatic carbocycles. The lowest BCUT2D eigenvalue weighted by Crippen LogP contribution is -2.35. The Hall–Kier alpha value is -0.630. The molecule has 5 nitrogen and oxygen atoms in total. The van der Waals surface area contributed by atoms with Crippen LogP contribution in [0.25, 0.3) is 0 Å². The third-order valence-corrected chi connectivity index (χ3v) is 6.40. The van der Waals surface area contributed by atoms with Gasteiger partial charge in [-0.3, -0.25) is 0 Å². The Morgan fingerprint density at radius 1 is 1.61 bits per heavy atom. The van der Waals surface area contributed by atoms with Crippen LogP contribution in [-0.4, -0.2) is 39.0 Å². The molecule has 0 spiro atoms. The Labute approximate surface area is 112 Å². The van der Waals surface area contributed by atoms with Gasteiger partial charge in [-0.1, -0.05) is 6.92 Å². The molecule has 2 heterocycles. The third-order valence-electron chi connectivity index (χ3n) is 3.03. The first-order valence-corrected chi connectivity index (χ1v) is 8.28. The number of rotatable bonds is 5. The van der Waals surface area contributed by atoms with E-state index >= 15 is 0 Å². The Bertz CT molecular complexity index is 492. The zero-order chi connectivity index (χ0) is 13.2. The van der Waals surface area contributed by atoms with E-state index in [1.165, 1.54) is 21.7 Å². The van der Waals surface area contributed by atoms with E-state index in [1.54, 1.807) is 5.38 Å². The molecule has 1 fully saturated rings. The zero-order valence-electron chi connectivity index (χ0n) is 10.3. The average Bonchev–Trinajstić information content (AvgIpc) is 2.96. The van der Waals surface area contributed by atoms with Crippen LogP contribution in [0.15, 0.2) is 15.7 Å². The number of nitrogen functional groups attached to an aromatic ring is 1. The van der Waals surface area contributed by atoms with Gasteiger partial charge < -0.3 is 10.5 Å². The first-order chi connectivity index (χ1) is 8.54. The standard InChI is InChI=1S/C11H18N2O3S2/c1-2-13(6-9-3-4-16-7-9)18(14,15)11-5-10(12)8-17-11/h5,8-9H,2-4,6-7,12H2,1H3. The lowest BCUT2D eigenvalue weighted by atomic mass is 10.1. The predicted octanol–water partition coefficient (Wildman–Crippen LogP) is 1.38. The molecule has 0 radical (unpaired) electrons. The van der Waals surface area contributed by atoms with Crippen molar-refractivity contribution < 1.29 is 13.2 Å². The second-order valence-electron chi connectivity index (χ2n) is 4.38. The summed E-state index contributed by atoms with van der Waals surface area (Å²) < 4.78 is 31.9. The molecule has 0 saturated carbocycles. The van der Waals surface area contributed by atoms with Gasteiger partial charge in [0.15, 0.2) is 0 Å². The number of nitrogens with zero attached hydrogens (tertiary/aromatic N) is 1. The van der Waals surface area contributed by atoms with Gasteiger partial charge in [0.25, 0.3) is 10.0 Å². The van der Waals surface area contributed by atoms with E-state index in [0.717, 1.165) is 13.0 Å². The van der Waals surface area contributed by atoms with Crippen LogP contribution in [0.2, 0.25) is 0 Å². The molecule has 1 unspecified atom stereocenters. The van der Waals surface area contributed by atoms with Gasteiger partial charge in [0.2, 0.25) is 0 Å². The molecule has 1 atom stereocenters. The van der Waals surface area contributed by atoms with Gasteiger partial charge in [0.1, 0.15) is 4.21 Å². The number of hydrogen-bond donors (Lipinski definition) is 1. The highest BCUT2D eigenvalue weighted by Crippen LogP contribution is 2.26. The van der Waals surface area contributed by atoms with Crippen LogP contribution in [0.3, 0.4) is 0 Å². The monoisotopic (exact) mass is 290 g/mol. The molecule has 102 valence electrons. The van der Waals surface area contributed by atoms with Crippen molar-refractivity contribution in [2.45, 2.75) is 17.6 Å². The van der Waals surface area contributed by atoms with Crippen molar-refractivity contribution in [2.24, 2.45) is 5.92 Å². The Morgan fingerprint density at radius 3 is 2.89 bits per heavy atom. The normalized spacial score (nSPS) is 20.7. The number of thiophene rings is 1. The van der Waals surface area contributed by atoms with Crippen LogP contribution in [0.4, 0.5) is 5.69 Å². The number of hydrogen-bond acceptors (Lipinski definition) is 5. The molecular weight excluding hydrogens is 272 g/mol. The average molecular weight is 290 g/mol. The van der Waals surface area contributed by atoms with Crippen LogP contribution in [0, 0.1) is 5.92 Å². The van der Waals surface area contributed by atoms with Crippen LogP contribution in [0.5, 0.6) is 0 Å². The summed E-state index contributed by atoms with van der Waals surface area (Å²) >= 11 is 1.17. The van der Waals surface area contributed by atoms with E-state index in [1.807, 2.05) is 6.92 Å². The molecule has 18 heavy (non-hydrogen) atoms. The molecule has 0 bridgehead atoms. The van der Waals surface area contributed by atoms with E-state index in [9.17, 15) is 8.42 Å². The van der Waals surface area contributed by atoms with Gasteiger partial charge >= 0.3 is 0 Å². The van der Waals surface area contributed by atoms with Gasteiger partial charge in [-0.15, -0.1) is 11.3 Å². The fraction of sp³-hybridized carbons (Fsp3) is 0.636. The number of anilines is 1. The molecule has 1 aromatic heterocycles. The minimum atomic E-state index is -3.40. The van der Waals surface area contributed by atoms with Crippen LogP contribution in [0.1, 0.15) is 13.3 Å². The summed E-state index contributed by atoms with van der Waals surface area (Å²) in [6.07, 6.45) is 0.929. The third kappa shape index (κ3) is 2.85. The highest BCUT2D eigenvalue weighted by atomic mass is 32.2. The Morgan fingerprint density at radius 2 is 2.39 bits per heavy atom. The number of sulfonamides is 1. The van der Waals surface area contributed by atoms with Crippen LogP contribution in [-0.2, 0) is 14.8 Å². The second kappa shape index (κ2) is 5.56. The van der Waals surface area contributed by atoms with Crippen molar-refractivity contribution in [3.63, 3.8) is 0 Å². The van der Waals surface area contributed by atoms with E-state index in [2.05, 4.69) is 0 Å². The maximum atomic E-state index is 12.4. The maximum Gasteiger partial charge on any atom is 0.252 e. The lowest BCUT2D eigenvalue weighted by Gasteiger charge is -2.22. The summed E-state index contributed by atoms with van der Waals surface area (Å²) in [6, 6.07) is 1.52. The van der Waals surface area contributed by atoms with Crippen molar-refractivity contribution >= 4 is 27.0 Å². The summed E-state index contributed by atoms with van der Waals surface area (Å²) in [4.78, 5) is 0. The van der Waals surface area contributed by atoms with Gasteiger partial charge in [0.05, 0.1) is 6.61 Å². The van der Waals surface area contributed by atoms with Gasteiger partial charge in [-0.2, -0.15) is 4.31 Å². The van der Waals surface area contributed by atoms with Crippen molar-refractivity contribution in [1.82, 2.24) is 4.31 Å². The summed E-state index contributed by atoms with van der Waals surface area (Å²) in [5.74, 6) is 0.303. The van der Waals surface area contributed by atoms with Crippen LogP contribution >= 0.6 is 11.3 Å². The lowest BCUT2D eigenvalue weighted by molar-refractivity contribution is 0.181. The Kier molecular flexibility index (Phi) is 4.26. The van der Waals surface area contributed by atoms with E-state index < -0.39 is 10.0 Å². The molecule has 1 aliphatic heterocycles.